The van der Waals surface area contributed by atoms with E-state index in [2.05, 4.69) is 5.32 Å². The largest absolute Gasteiger partial charge is 0.497 e. The zero-order valence-electron chi connectivity index (χ0n) is 26.3. The lowest BCUT2D eigenvalue weighted by molar-refractivity contribution is -0.140. The molecule has 3 rings (SSSR count). The molecule has 3 aromatic rings. The summed E-state index contributed by atoms with van der Waals surface area (Å²) in [6, 6.07) is 19.5. The molecular weight excluding hydrogens is 599 g/mol. The molecule has 1 N–H and O–H groups in total. The zero-order valence-corrected chi connectivity index (χ0v) is 27.9. The van der Waals surface area contributed by atoms with Crippen molar-refractivity contribution >= 4 is 39.3 Å². The Balaban J connectivity index is 2.05. The molecule has 0 aliphatic rings. The van der Waals surface area contributed by atoms with Crippen molar-refractivity contribution in [2.75, 3.05) is 37.4 Å². The lowest BCUT2D eigenvalue weighted by Gasteiger charge is -2.33. The monoisotopic (exact) mass is 641 g/mol. The standard InChI is InChI=1S/C33H43N3O6S2/c1-7-31(33(38)34-21-24(3)4)35(22-25-9-13-27(41-5)14-10-25)32(37)23-36(26-11-15-28(16-12-26)42-8-2)44(39,40)30-19-17-29(43-6)18-20-30/h9-20,24,31H,7-8,21-23H2,1-6H3,(H,34,38)/t31-/m1/s1. The molecule has 0 saturated carbocycles. The van der Waals surface area contributed by atoms with E-state index < -0.39 is 28.5 Å². The lowest BCUT2D eigenvalue weighted by Crippen LogP contribution is -2.52. The first-order chi connectivity index (χ1) is 21.0. The number of amides is 2. The lowest BCUT2D eigenvalue weighted by atomic mass is 10.1. The number of benzene rings is 3. The first-order valence-electron chi connectivity index (χ1n) is 14.6. The van der Waals surface area contributed by atoms with E-state index in [-0.39, 0.29) is 23.3 Å². The third-order valence-corrected chi connectivity index (χ3v) is 9.48. The van der Waals surface area contributed by atoms with Gasteiger partial charge in [0, 0.05) is 18.0 Å². The molecule has 0 aliphatic carbocycles. The highest BCUT2D eigenvalue weighted by Crippen LogP contribution is 2.28. The maximum absolute atomic E-state index is 14.2. The third-order valence-electron chi connectivity index (χ3n) is 6.94. The van der Waals surface area contributed by atoms with Gasteiger partial charge in [-0.15, -0.1) is 11.8 Å². The maximum atomic E-state index is 14.2. The molecule has 11 heteroatoms. The van der Waals surface area contributed by atoms with Crippen molar-refractivity contribution in [1.29, 1.82) is 0 Å². The summed E-state index contributed by atoms with van der Waals surface area (Å²) >= 11 is 1.50. The molecule has 1 atom stereocenters. The van der Waals surface area contributed by atoms with Crippen LogP contribution in [0.1, 0.15) is 39.7 Å². The van der Waals surface area contributed by atoms with Crippen molar-refractivity contribution < 1.29 is 27.5 Å². The van der Waals surface area contributed by atoms with E-state index in [0.29, 0.717) is 36.8 Å². The molecule has 0 aromatic heterocycles. The minimum atomic E-state index is -4.17. The summed E-state index contributed by atoms with van der Waals surface area (Å²) < 4.78 is 40.1. The Morgan fingerprint density at radius 3 is 2.05 bits per heavy atom. The van der Waals surface area contributed by atoms with Gasteiger partial charge in [0.25, 0.3) is 10.0 Å². The molecule has 0 spiro atoms. The van der Waals surface area contributed by atoms with Crippen molar-refractivity contribution in [3.63, 3.8) is 0 Å². The van der Waals surface area contributed by atoms with Crippen LogP contribution in [0.2, 0.25) is 0 Å². The summed E-state index contributed by atoms with van der Waals surface area (Å²) in [5.41, 5.74) is 1.08. The molecule has 3 aromatic carbocycles. The van der Waals surface area contributed by atoms with Gasteiger partial charge in [0.1, 0.15) is 24.1 Å². The van der Waals surface area contributed by atoms with Gasteiger partial charge < -0.3 is 19.7 Å². The van der Waals surface area contributed by atoms with Crippen molar-refractivity contribution in [1.82, 2.24) is 10.2 Å². The van der Waals surface area contributed by atoms with Gasteiger partial charge in [0.05, 0.1) is 24.3 Å². The summed E-state index contributed by atoms with van der Waals surface area (Å²) in [6.07, 6.45) is 2.26. The molecule has 0 fully saturated rings. The van der Waals surface area contributed by atoms with Gasteiger partial charge in [-0.05, 0) is 91.7 Å². The summed E-state index contributed by atoms with van der Waals surface area (Å²) in [4.78, 5) is 30.0. The number of hydrogen-bond donors (Lipinski definition) is 1. The Kier molecular flexibility index (Phi) is 13.0. The van der Waals surface area contributed by atoms with Crippen LogP contribution in [0.25, 0.3) is 0 Å². The number of sulfonamides is 1. The van der Waals surface area contributed by atoms with Crippen LogP contribution in [0.5, 0.6) is 11.5 Å². The second-order valence-corrected chi connectivity index (χ2v) is 13.3. The fourth-order valence-electron chi connectivity index (χ4n) is 4.55. The van der Waals surface area contributed by atoms with E-state index in [1.165, 1.54) is 28.8 Å². The Labute approximate surface area is 266 Å². The Bertz CT molecular complexity index is 1460. The van der Waals surface area contributed by atoms with E-state index in [0.717, 1.165) is 14.8 Å². The number of carbonyl (C=O) groups is 2. The topological polar surface area (TPSA) is 105 Å². The second kappa shape index (κ2) is 16.4. The van der Waals surface area contributed by atoms with Crippen molar-refractivity contribution in [3.8, 4) is 11.5 Å². The fraction of sp³-hybridized carbons (Fsp3) is 0.394. The molecule has 44 heavy (non-hydrogen) atoms. The van der Waals surface area contributed by atoms with Crippen LogP contribution in [-0.4, -0.2) is 64.2 Å². The number of methoxy groups -OCH3 is 1. The van der Waals surface area contributed by atoms with Gasteiger partial charge in [0.2, 0.25) is 11.8 Å². The van der Waals surface area contributed by atoms with E-state index in [4.69, 9.17) is 9.47 Å². The predicted molar refractivity (Wildman–Crippen MR) is 176 cm³/mol. The number of carbonyl (C=O) groups excluding carboxylic acids is 2. The molecule has 0 unspecified atom stereocenters. The average molecular weight is 642 g/mol. The minimum absolute atomic E-state index is 0.0559. The van der Waals surface area contributed by atoms with Gasteiger partial charge in [-0.2, -0.15) is 0 Å². The van der Waals surface area contributed by atoms with Gasteiger partial charge in [-0.3, -0.25) is 13.9 Å². The van der Waals surface area contributed by atoms with E-state index in [9.17, 15) is 18.0 Å². The second-order valence-electron chi connectivity index (χ2n) is 10.5. The third kappa shape index (κ3) is 9.15. The zero-order chi connectivity index (χ0) is 32.3. The first-order valence-corrected chi connectivity index (χ1v) is 17.3. The Hall–Kier alpha value is -3.70. The predicted octanol–water partition coefficient (Wildman–Crippen LogP) is 5.59. The number of thioether (sulfide) groups is 1. The molecule has 0 heterocycles. The summed E-state index contributed by atoms with van der Waals surface area (Å²) in [5, 5.41) is 2.94. The van der Waals surface area contributed by atoms with Gasteiger partial charge >= 0.3 is 0 Å². The first kappa shape index (κ1) is 34.8. The van der Waals surface area contributed by atoms with Crippen molar-refractivity contribution in [2.45, 2.75) is 56.5 Å². The summed E-state index contributed by atoms with van der Waals surface area (Å²) in [5.74, 6) is 0.670. The van der Waals surface area contributed by atoms with Crippen LogP contribution in [0.4, 0.5) is 5.69 Å². The molecule has 0 saturated heterocycles. The van der Waals surface area contributed by atoms with Gasteiger partial charge in [0.15, 0.2) is 0 Å². The van der Waals surface area contributed by atoms with E-state index >= 15 is 0 Å². The Morgan fingerprint density at radius 1 is 0.909 bits per heavy atom. The quantitative estimate of drug-likeness (QED) is 0.203. The smallest absolute Gasteiger partial charge is 0.264 e. The fourth-order valence-corrected chi connectivity index (χ4v) is 6.37. The van der Waals surface area contributed by atoms with Gasteiger partial charge in [-0.25, -0.2) is 8.42 Å². The Morgan fingerprint density at radius 2 is 1.52 bits per heavy atom. The number of anilines is 1. The molecule has 238 valence electrons. The minimum Gasteiger partial charge on any atom is -0.497 e. The van der Waals surface area contributed by atoms with Crippen molar-refractivity contribution in [3.05, 3.63) is 78.4 Å². The highest BCUT2D eigenvalue weighted by molar-refractivity contribution is 7.98. The number of hydrogen-bond acceptors (Lipinski definition) is 7. The number of ether oxygens (including phenoxy) is 2. The SMILES string of the molecule is CCOc1ccc(N(CC(=O)N(Cc2ccc(OC)cc2)[C@H](CC)C(=O)NCC(C)C)S(=O)(=O)c2ccc(SC)cc2)cc1. The van der Waals surface area contributed by atoms with E-state index in [1.807, 2.05) is 46.1 Å². The van der Waals surface area contributed by atoms with Crippen LogP contribution in [0.15, 0.2) is 82.6 Å². The van der Waals surface area contributed by atoms with Crippen molar-refractivity contribution in [2.24, 2.45) is 5.92 Å². The van der Waals surface area contributed by atoms with E-state index in [1.54, 1.807) is 55.6 Å². The number of rotatable bonds is 16. The summed E-state index contributed by atoms with van der Waals surface area (Å²) in [7, 11) is -2.60. The summed E-state index contributed by atoms with van der Waals surface area (Å²) in [6.45, 7) is 8.20. The number of nitrogens with one attached hydrogen (secondary N) is 1. The van der Waals surface area contributed by atoms with Crippen LogP contribution in [-0.2, 0) is 26.2 Å². The normalized spacial score (nSPS) is 12.0. The molecule has 0 aliphatic heterocycles. The van der Waals surface area contributed by atoms with Gasteiger partial charge in [-0.1, -0.05) is 32.9 Å². The van der Waals surface area contributed by atoms with Crippen LogP contribution < -0.4 is 19.1 Å². The van der Waals surface area contributed by atoms with Crippen LogP contribution >= 0.6 is 11.8 Å². The van der Waals surface area contributed by atoms with Crippen LogP contribution in [0, 0.1) is 5.92 Å². The molecular formula is C33H43N3O6S2. The highest BCUT2D eigenvalue weighted by atomic mass is 32.2. The average Bonchev–Trinajstić information content (AvgIpc) is 3.03. The maximum Gasteiger partial charge on any atom is 0.264 e. The highest BCUT2D eigenvalue weighted by Gasteiger charge is 2.33. The molecule has 2 amide bonds. The molecule has 9 nitrogen and oxygen atoms in total. The molecule has 0 bridgehead atoms. The van der Waals surface area contributed by atoms with Crippen LogP contribution in [0.3, 0.4) is 0 Å². The number of nitrogens with zero attached hydrogens (tertiary/aromatic N) is 2. The molecule has 0 radical (unpaired) electrons.